The van der Waals surface area contributed by atoms with Gasteiger partial charge in [-0.25, -0.2) is 4.79 Å². The second kappa shape index (κ2) is 6.92. The third kappa shape index (κ3) is 3.18. The molecule has 0 N–H and O–H groups in total. The Morgan fingerprint density at radius 1 is 1.12 bits per heavy atom. The van der Waals surface area contributed by atoms with Gasteiger partial charge in [-0.05, 0) is 58.0 Å². The Labute approximate surface area is 156 Å². The molecular weight excluding hydrogens is 324 g/mol. The van der Waals surface area contributed by atoms with Crippen LogP contribution in [-0.2, 0) is 0 Å². The third-order valence-electron chi connectivity index (χ3n) is 5.53. The molecule has 4 heteroatoms. The monoisotopic (exact) mass is 354 g/mol. The summed E-state index contributed by atoms with van der Waals surface area (Å²) in [5, 5.41) is 1.02. The number of likely N-dealkylation sites (N-methyl/N-ethyl adjacent to an activating group) is 2. The van der Waals surface area contributed by atoms with E-state index in [0.717, 1.165) is 42.8 Å². The fraction of sp³-hybridized carbons (Fsp3) is 0.500. The lowest BCUT2D eigenvalue weighted by atomic mass is 9.86. The Hall–Kier alpha value is -2.07. The number of rotatable bonds is 5. The van der Waals surface area contributed by atoms with Gasteiger partial charge in [-0.1, -0.05) is 19.9 Å². The molecule has 4 nitrogen and oxygen atoms in total. The van der Waals surface area contributed by atoms with Gasteiger partial charge in [0.25, 0.3) is 0 Å². The standard InChI is InChI=1S/C22H30N2O2/c1-7-23(8-2)14-16-13-22(5,6)24(9-3)19-12-20-17(11-18(16)19)15(4)10-21(25)26-20/h10-13H,7-9,14H2,1-6H3. The van der Waals surface area contributed by atoms with Crippen LogP contribution in [0.1, 0.15) is 45.7 Å². The molecule has 26 heavy (non-hydrogen) atoms. The zero-order valence-electron chi connectivity index (χ0n) is 16.8. The molecule has 0 saturated carbocycles. The third-order valence-corrected chi connectivity index (χ3v) is 5.53. The van der Waals surface area contributed by atoms with Gasteiger partial charge in [0.15, 0.2) is 0 Å². The van der Waals surface area contributed by atoms with Gasteiger partial charge in [-0.2, -0.15) is 0 Å². The normalized spacial score (nSPS) is 16.1. The molecule has 0 aliphatic carbocycles. The van der Waals surface area contributed by atoms with Crippen molar-refractivity contribution in [2.45, 2.75) is 47.1 Å². The molecule has 0 unspecified atom stereocenters. The largest absolute Gasteiger partial charge is 0.423 e. The van der Waals surface area contributed by atoms with Crippen LogP contribution in [0, 0.1) is 6.92 Å². The van der Waals surface area contributed by atoms with Crippen molar-refractivity contribution in [1.29, 1.82) is 0 Å². The van der Waals surface area contributed by atoms with Gasteiger partial charge >= 0.3 is 5.63 Å². The lowest BCUT2D eigenvalue weighted by Gasteiger charge is -2.43. The first-order chi connectivity index (χ1) is 12.3. The summed E-state index contributed by atoms with van der Waals surface area (Å²) in [4.78, 5) is 16.7. The van der Waals surface area contributed by atoms with Gasteiger partial charge in [0.1, 0.15) is 5.58 Å². The summed E-state index contributed by atoms with van der Waals surface area (Å²) in [6.07, 6.45) is 2.40. The zero-order valence-corrected chi connectivity index (χ0v) is 16.8. The summed E-state index contributed by atoms with van der Waals surface area (Å²) < 4.78 is 5.52. The Morgan fingerprint density at radius 2 is 1.81 bits per heavy atom. The van der Waals surface area contributed by atoms with Crippen molar-refractivity contribution in [1.82, 2.24) is 4.90 Å². The van der Waals surface area contributed by atoms with Crippen molar-refractivity contribution in [2.75, 3.05) is 31.1 Å². The van der Waals surface area contributed by atoms with E-state index in [-0.39, 0.29) is 11.2 Å². The Morgan fingerprint density at radius 3 is 2.42 bits per heavy atom. The molecule has 0 radical (unpaired) electrons. The molecule has 0 bridgehead atoms. The molecule has 0 amide bonds. The van der Waals surface area contributed by atoms with Crippen LogP contribution in [0.15, 0.2) is 33.5 Å². The van der Waals surface area contributed by atoms with Gasteiger partial charge in [0.05, 0.1) is 5.54 Å². The molecule has 0 fully saturated rings. The number of fused-ring (bicyclic) bond motifs is 2. The molecule has 0 spiro atoms. The summed E-state index contributed by atoms with van der Waals surface area (Å²) in [6, 6.07) is 5.84. The highest BCUT2D eigenvalue weighted by atomic mass is 16.4. The minimum absolute atomic E-state index is 0.0813. The van der Waals surface area contributed by atoms with E-state index in [1.54, 1.807) is 6.07 Å². The van der Waals surface area contributed by atoms with E-state index >= 15 is 0 Å². The lowest BCUT2D eigenvalue weighted by Crippen LogP contribution is -2.45. The maximum atomic E-state index is 11.8. The summed E-state index contributed by atoms with van der Waals surface area (Å²) >= 11 is 0. The summed E-state index contributed by atoms with van der Waals surface area (Å²) in [5.74, 6) is 0. The predicted octanol–water partition coefficient (Wildman–Crippen LogP) is 4.45. The fourth-order valence-electron chi connectivity index (χ4n) is 4.12. The van der Waals surface area contributed by atoms with Crippen molar-refractivity contribution in [2.24, 2.45) is 0 Å². The number of nitrogens with zero attached hydrogens (tertiary/aromatic N) is 2. The molecular formula is C22H30N2O2. The molecule has 1 aromatic carbocycles. The first-order valence-electron chi connectivity index (χ1n) is 9.61. The highest BCUT2D eigenvalue weighted by molar-refractivity contribution is 5.93. The van der Waals surface area contributed by atoms with Gasteiger partial charge < -0.3 is 9.32 Å². The van der Waals surface area contributed by atoms with Gasteiger partial charge in [-0.15, -0.1) is 0 Å². The minimum atomic E-state index is -0.285. The van der Waals surface area contributed by atoms with E-state index in [1.807, 2.05) is 6.92 Å². The maximum absolute atomic E-state index is 11.8. The van der Waals surface area contributed by atoms with E-state index in [2.05, 4.69) is 62.6 Å². The molecule has 0 saturated heterocycles. The summed E-state index contributed by atoms with van der Waals surface area (Å²) in [7, 11) is 0. The maximum Gasteiger partial charge on any atom is 0.336 e. The van der Waals surface area contributed by atoms with Crippen molar-refractivity contribution in [3.8, 4) is 0 Å². The van der Waals surface area contributed by atoms with E-state index in [4.69, 9.17) is 4.42 Å². The topological polar surface area (TPSA) is 36.7 Å². The van der Waals surface area contributed by atoms with E-state index in [0.29, 0.717) is 5.58 Å². The Bertz CT molecular complexity index is 904. The molecule has 3 rings (SSSR count). The minimum Gasteiger partial charge on any atom is -0.423 e. The van der Waals surface area contributed by atoms with Crippen molar-refractivity contribution in [3.05, 3.63) is 45.8 Å². The van der Waals surface area contributed by atoms with E-state index < -0.39 is 0 Å². The van der Waals surface area contributed by atoms with Gasteiger partial charge in [-0.3, -0.25) is 4.90 Å². The molecule has 2 aromatic rings. The molecule has 140 valence electrons. The Balaban J connectivity index is 2.25. The van der Waals surface area contributed by atoms with Crippen LogP contribution in [-0.4, -0.2) is 36.6 Å². The van der Waals surface area contributed by atoms with E-state index in [9.17, 15) is 4.79 Å². The van der Waals surface area contributed by atoms with Crippen LogP contribution < -0.4 is 10.5 Å². The summed E-state index contributed by atoms with van der Waals surface area (Å²) in [5.41, 5.74) is 5.03. The molecule has 1 aliphatic heterocycles. The number of benzene rings is 1. The number of hydrogen-bond donors (Lipinski definition) is 0. The van der Waals surface area contributed by atoms with Crippen molar-refractivity contribution >= 4 is 22.2 Å². The molecule has 0 atom stereocenters. The average molecular weight is 354 g/mol. The van der Waals surface area contributed by atoms with Crippen LogP contribution in [0.4, 0.5) is 5.69 Å². The summed E-state index contributed by atoms with van der Waals surface area (Å²) in [6.45, 7) is 16.9. The first-order valence-corrected chi connectivity index (χ1v) is 9.61. The zero-order chi connectivity index (χ0) is 19.1. The smallest absolute Gasteiger partial charge is 0.336 e. The second-order valence-electron chi connectivity index (χ2n) is 7.64. The van der Waals surface area contributed by atoms with Gasteiger partial charge in [0, 0.05) is 41.9 Å². The van der Waals surface area contributed by atoms with Crippen LogP contribution in [0.3, 0.4) is 0 Å². The average Bonchev–Trinajstić information content (AvgIpc) is 2.57. The SMILES string of the molecule is CCN(CC)CC1=CC(C)(C)N(CC)c2cc3oc(=O)cc(C)c3cc21. The quantitative estimate of drug-likeness (QED) is 0.744. The number of anilines is 1. The van der Waals surface area contributed by atoms with Crippen LogP contribution in [0.5, 0.6) is 0 Å². The van der Waals surface area contributed by atoms with E-state index in [1.165, 1.54) is 11.1 Å². The molecule has 2 heterocycles. The lowest BCUT2D eigenvalue weighted by molar-refractivity contribution is 0.341. The van der Waals surface area contributed by atoms with Crippen molar-refractivity contribution in [3.63, 3.8) is 0 Å². The van der Waals surface area contributed by atoms with Crippen molar-refractivity contribution < 1.29 is 4.42 Å². The van der Waals surface area contributed by atoms with Crippen LogP contribution in [0.2, 0.25) is 0 Å². The highest BCUT2D eigenvalue weighted by Gasteiger charge is 2.32. The molecule has 1 aromatic heterocycles. The second-order valence-corrected chi connectivity index (χ2v) is 7.64. The molecule has 1 aliphatic rings. The van der Waals surface area contributed by atoms with Crippen LogP contribution in [0.25, 0.3) is 16.5 Å². The number of hydrogen-bond acceptors (Lipinski definition) is 4. The predicted molar refractivity (Wildman–Crippen MR) is 110 cm³/mol. The highest BCUT2D eigenvalue weighted by Crippen LogP contribution is 2.41. The number of aryl methyl sites for hydroxylation is 1. The van der Waals surface area contributed by atoms with Crippen LogP contribution >= 0.6 is 0 Å². The fourth-order valence-corrected chi connectivity index (χ4v) is 4.12. The Kier molecular flexibility index (Phi) is 4.98. The first kappa shape index (κ1) is 18.7. The van der Waals surface area contributed by atoms with Gasteiger partial charge in [0.2, 0.25) is 0 Å².